The molecule has 1 heterocycles. The molecule has 2 unspecified atom stereocenters. The Labute approximate surface area is 89.8 Å². The van der Waals surface area contributed by atoms with Gasteiger partial charge in [0, 0.05) is 5.92 Å². The molecule has 0 aliphatic carbocycles. The zero-order chi connectivity index (χ0) is 10.7. The predicted molar refractivity (Wildman–Crippen MR) is 61.0 cm³/mol. The van der Waals surface area contributed by atoms with Crippen LogP contribution in [0.4, 0.5) is 0 Å². The quantitative estimate of drug-likeness (QED) is 0.613. The van der Waals surface area contributed by atoms with Crippen molar-refractivity contribution in [1.29, 1.82) is 0 Å². The van der Waals surface area contributed by atoms with Gasteiger partial charge in [-0.3, -0.25) is 9.67 Å². The molecule has 0 saturated carbocycles. The van der Waals surface area contributed by atoms with Gasteiger partial charge in [-0.25, -0.2) is 0 Å². The van der Waals surface area contributed by atoms with Crippen LogP contribution < -0.4 is 0 Å². The van der Waals surface area contributed by atoms with Gasteiger partial charge in [-0.1, -0.05) is 19.9 Å². The summed E-state index contributed by atoms with van der Waals surface area (Å²) in [4.78, 5) is 0. The van der Waals surface area contributed by atoms with Gasteiger partial charge in [-0.2, -0.15) is 5.10 Å². The van der Waals surface area contributed by atoms with E-state index in [0.717, 1.165) is 12.2 Å². The number of nitrogens with zero attached hydrogens (tertiary/aromatic N) is 2. The van der Waals surface area contributed by atoms with Crippen LogP contribution in [-0.4, -0.2) is 14.8 Å². The van der Waals surface area contributed by atoms with Crippen LogP contribution in [0.25, 0.3) is 0 Å². The molecule has 0 fully saturated rings. The van der Waals surface area contributed by atoms with Crippen molar-refractivity contribution in [3.05, 3.63) is 23.3 Å². The third-order valence-electron chi connectivity index (χ3n) is 2.53. The van der Waals surface area contributed by atoms with Gasteiger partial charge >= 0.3 is 0 Å². The average Bonchev–Trinajstić information content (AvgIpc) is 2.58. The van der Waals surface area contributed by atoms with Crippen molar-refractivity contribution in [3.8, 4) is 0 Å². The van der Waals surface area contributed by atoms with E-state index < -0.39 is 0 Å². The van der Waals surface area contributed by atoms with E-state index in [1.165, 1.54) is 0 Å². The predicted octanol–water partition coefficient (Wildman–Crippen LogP) is 3.20. The maximum absolute atomic E-state index is 5.18. The van der Waals surface area contributed by atoms with Crippen LogP contribution in [0.5, 0.6) is 0 Å². The Hall–Kier alpha value is -0.900. The smallest absolute Gasteiger partial charge is 0.195 e. The lowest BCUT2D eigenvalue weighted by molar-refractivity contribution is 0.562. The minimum Gasteiger partial charge on any atom is -0.297 e. The molecule has 0 spiro atoms. The van der Waals surface area contributed by atoms with Crippen LogP contribution in [0.3, 0.4) is 0 Å². The van der Waals surface area contributed by atoms with Gasteiger partial charge in [-0.05, 0) is 25.6 Å². The molecule has 4 heteroatoms. The largest absolute Gasteiger partial charge is 0.297 e. The fourth-order valence-corrected chi connectivity index (χ4v) is 1.65. The van der Waals surface area contributed by atoms with Gasteiger partial charge < -0.3 is 0 Å². The zero-order valence-corrected chi connectivity index (χ0v) is 9.77. The molecule has 1 aromatic rings. The van der Waals surface area contributed by atoms with Gasteiger partial charge in [0.1, 0.15) is 5.82 Å². The van der Waals surface area contributed by atoms with Crippen molar-refractivity contribution in [2.75, 3.05) is 0 Å². The van der Waals surface area contributed by atoms with Crippen LogP contribution in [0.15, 0.2) is 12.7 Å². The lowest BCUT2D eigenvalue weighted by Gasteiger charge is -2.14. The summed E-state index contributed by atoms with van der Waals surface area (Å²) in [6.45, 7) is 10.1. The molecule has 0 aliphatic heterocycles. The molecular weight excluding hydrogens is 194 g/mol. The number of H-pyrrole nitrogens is 1. The number of allylic oxidation sites excluding steroid dienone is 1. The van der Waals surface area contributed by atoms with E-state index in [2.05, 4.69) is 37.5 Å². The maximum Gasteiger partial charge on any atom is 0.195 e. The molecule has 2 atom stereocenters. The fraction of sp³-hybridized carbons (Fsp3) is 0.600. The number of rotatable bonds is 4. The Morgan fingerprint density at radius 1 is 1.64 bits per heavy atom. The van der Waals surface area contributed by atoms with Gasteiger partial charge in [0.25, 0.3) is 0 Å². The van der Waals surface area contributed by atoms with Crippen molar-refractivity contribution >= 4 is 12.2 Å². The van der Waals surface area contributed by atoms with Crippen LogP contribution in [-0.2, 0) is 0 Å². The van der Waals surface area contributed by atoms with Crippen LogP contribution in [0, 0.1) is 4.77 Å². The molecular formula is C10H17N3S. The highest BCUT2D eigenvalue weighted by Crippen LogP contribution is 2.20. The molecule has 3 nitrogen and oxygen atoms in total. The van der Waals surface area contributed by atoms with E-state index in [1.54, 1.807) is 0 Å². The van der Waals surface area contributed by atoms with Crippen molar-refractivity contribution < 1.29 is 0 Å². The summed E-state index contributed by atoms with van der Waals surface area (Å²) in [7, 11) is 0. The second-order valence-corrected chi connectivity index (χ2v) is 3.93. The molecule has 0 aliphatic rings. The third-order valence-corrected chi connectivity index (χ3v) is 2.82. The van der Waals surface area contributed by atoms with Crippen molar-refractivity contribution in [1.82, 2.24) is 14.8 Å². The third kappa shape index (κ3) is 1.95. The van der Waals surface area contributed by atoms with Gasteiger partial charge in [-0.15, -0.1) is 6.58 Å². The summed E-state index contributed by atoms with van der Waals surface area (Å²) in [6, 6.07) is 0.199. The summed E-state index contributed by atoms with van der Waals surface area (Å²) >= 11 is 5.18. The van der Waals surface area contributed by atoms with E-state index >= 15 is 0 Å². The summed E-state index contributed by atoms with van der Waals surface area (Å²) in [5.41, 5.74) is 0. The molecule has 1 N–H and O–H groups in total. The first-order chi connectivity index (χ1) is 6.61. The second-order valence-electron chi connectivity index (χ2n) is 3.54. The molecule has 1 aromatic heterocycles. The molecule has 78 valence electrons. The highest BCUT2D eigenvalue weighted by Gasteiger charge is 2.14. The monoisotopic (exact) mass is 211 g/mol. The van der Waals surface area contributed by atoms with Gasteiger partial charge in [0.2, 0.25) is 0 Å². The summed E-state index contributed by atoms with van der Waals surface area (Å²) < 4.78 is 2.70. The Balaban J connectivity index is 3.18. The van der Waals surface area contributed by atoms with Crippen molar-refractivity contribution in [2.45, 2.75) is 39.2 Å². The summed E-state index contributed by atoms with van der Waals surface area (Å²) in [6.07, 6.45) is 2.93. The van der Waals surface area contributed by atoms with Gasteiger partial charge in [0.05, 0.1) is 6.04 Å². The lowest BCUT2D eigenvalue weighted by Crippen LogP contribution is -2.09. The van der Waals surface area contributed by atoms with E-state index in [9.17, 15) is 0 Å². The maximum atomic E-state index is 5.18. The summed E-state index contributed by atoms with van der Waals surface area (Å²) in [5.74, 6) is 1.44. The minimum absolute atomic E-state index is 0.199. The molecule has 1 rings (SSSR count). The highest BCUT2D eigenvalue weighted by atomic mass is 32.1. The lowest BCUT2D eigenvalue weighted by atomic mass is 10.1. The SMILES string of the molecule is C=CC(C)n1c(C(C)CC)n[nH]c1=S. The van der Waals surface area contributed by atoms with E-state index in [1.807, 2.05) is 10.6 Å². The summed E-state index contributed by atoms with van der Waals surface area (Å²) in [5, 5.41) is 7.09. The molecule has 0 bridgehead atoms. The first-order valence-corrected chi connectivity index (χ1v) is 5.32. The first kappa shape index (κ1) is 11.2. The van der Waals surface area contributed by atoms with E-state index in [-0.39, 0.29) is 6.04 Å². The molecule has 14 heavy (non-hydrogen) atoms. The van der Waals surface area contributed by atoms with Crippen LogP contribution in [0.1, 0.15) is 45.0 Å². The van der Waals surface area contributed by atoms with Crippen molar-refractivity contribution in [3.63, 3.8) is 0 Å². The number of hydrogen-bond acceptors (Lipinski definition) is 2. The Morgan fingerprint density at radius 2 is 2.29 bits per heavy atom. The zero-order valence-electron chi connectivity index (χ0n) is 8.95. The van der Waals surface area contributed by atoms with E-state index in [4.69, 9.17) is 12.2 Å². The topological polar surface area (TPSA) is 33.6 Å². The van der Waals surface area contributed by atoms with Gasteiger partial charge in [0.15, 0.2) is 4.77 Å². The number of aromatic amines is 1. The van der Waals surface area contributed by atoms with Crippen molar-refractivity contribution in [2.24, 2.45) is 0 Å². The molecule has 0 amide bonds. The Kier molecular flexibility index (Phi) is 3.63. The average molecular weight is 211 g/mol. The molecule has 0 saturated heterocycles. The second kappa shape index (κ2) is 4.55. The highest BCUT2D eigenvalue weighted by molar-refractivity contribution is 7.71. The minimum atomic E-state index is 0.199. The number of nitrogens with one attached hydrogen (secondary N) is 1. The molecule has 0 aromatic carbocycles. The Morgan fingerprint density at radius 3 is 2.79 bits per heavy atom. The first-order valence-electron chi connectivity index (χ1n) is 4.91. The van der Waals surface area contributed by atoms with Crippen LogP contribution in [0.2, 0.25) is 0 Å². The standard InChI is InChI=1S/C10H17N3S/c1-5-7(3)9-11-12-10(14)13(9)8(4)6-2/h6-8H,2,5H2,1,3-4H3,(H,12,14). The normalized spacial score (nSPS) is 15.1. The van der Waals surface area contributed by atoms with E-state index in [0.29, 0.717) is 10.7 Å². The number of hydrogen-bond donors (Lipinski definition) is 1. The number of aromatic nitrogens is 3. The Bertz CT molecular complexity index is 364. The molecule has 0 radical (unpaired) electrons. The van der Waals surface area contributed by atoms with Crippen LogP contribution >= 0.6 is 12.2 Å². The fourth-order valence-electron chi connectivity index (χ4n) is 1.35.